The number of carboxylic acid groups (broad SMARTS) is 1. The predicted molar refractivity (Wildman–Crippen MR) is 327 cm³/mol. The van der Waals surface area contributed by atoms with Crippen LogP contribution >= 0.6 is 0 Å². The SMILES string of the molecule is CC/C=C\C/C=C\C/C=C\C/C=C\C/C=C\CCCCCCCCCCCC(=O)OC(COC(=O)CCCCCCCCCCCCCCCCC/C=C\C/C=C\CCCCCCC)COC(OCC[N+](C)(C)C)C(=O)O. The zero-order chi connectivity index (χ0) is 56.2. The Bertz CT molecular complexity index is 1540. The number of carbonyl (C=O) groups is 3. The van der Waals surface area contributed by atoms with Crippen LogP contribution < -0.4 is 0 Å². The van der Waals surface area contributed by atoms with E-state index in [1.807, 2.05) is 21.1 Å². The fraction of sp³-hybridized carbons (Fsp3) is 0.750. The van der Waals surface area contributed by atoms with Crippen LogP contribution in [0.4, 0.5) is 0 Å². The standard InChI is InChI=1S/C68H119NO8/c1-6-8-10-12-14-16-18-20-22-24-26-28-30-32-33-35-36-38-40-42-44-46-48-50-52-54-56-58-65(70)75-62-64(63-76-68(67(72)73)74-61-60-69(3,4)5)77-66(71)59-57-55-53-51-49-47-45-43-41-39-37-34-31-29-27-25-23-21-19-17-15-13-11-9-7-2/h9,11,15,17-18,20-21,23-24,26-27,29,34,37,64,68H,6-8,10,12-14,16,19,22,25,28,30-33,35-36,38-63H2,1-5H3/p+1/b11-9-,17-15-,20-18-,23-21-,26-24-,29-27-,37-34-. The average Bonchev–Trinajstić information content (AvgIpc) is 3.40. The molecule has 0 saturated heterocycles. The number of rotatable bonds is 58. The lowest BCUT2D eigenvalue weighted by Crippen LogP contribution is -2.40. The number of ether oxygens (including phenoxy) is 4. The van der Waals surface area contributed by atoms with Gasteiger partial charge >= 0.3 is 17.9 Å². The van der Waals surface area contributed by atoms with Crippen LogP contribution in [0.15, 0.2) is 85.1 Å². The van der Waals surface area contributed by atoms with Gasteiger partial charge in [-0.3, -0.25) is 9.59 Å². The quantitative estimate of drug-likeness (QED) is 0.0211. The Morgan fingerprint density at radius 3 is 1.10 bits per heavy atom. The fourth-order valence-electron chi connectivity index (χ4n) is 8.78. The fourth-order valence-corrected chi connectivity index (χ4v) is 8.78. The molecular formula is C68H120NO8+. The van der Waals surface area contributed by atoms with Crippen molar-refractivity contribution >= 4 is 17.9 Å². The minimum Gasteiger partial charge on any atom is -0.477 e. The van der Waals surface area contributed by atoms with Crippen molar-refractivity contribution in [2.75, 3.05) is 47.5 Å². The highest BCUT2D eigenvalue weighted by Gasteiger charge is 2.25. The van der Waals surface area contributed by atoms with Crippen LogP contribution in [0.1, 0.15) is 271 Å². The topological polar surface area (TPSA) is 108 Å². The van der Waals surface area contributed by atoms with E-state index in [0.29, 0.717) is 23.9 Å². The van der Waals surface area contributed by atoms with Crippen LogP contribution in [0.2, 0.25) is 0 Å². The molecule has 0 spiro atoms. The molecule has 2 unspecified atom stereocenters. The third-order valence-corrected chi connectivity index (χ3v) is 13.6. The van der Waals surface area contributed by atoms with E-state index in [4.69, 9.17) is 18.9 Å². The Labute approximate surface area is 474 Å². The minimum absolute atomic E-state index is 0.183. The molecule has 0 aliphatic carbocycles. The van der Waals surface area contributed by atoms with Crippen molar-refractivity contribution < 1.29 is 42.9 Å². The molecule has 0 fully saturated rings. The number of carboxylic acids is 1. The van der Waals surface area contributed by atoms with Gasteiger partial charge in [-0.05, 0) is 89.9 Å². The third-order valence-electron chi connectivity index (χ3n) is 13.6. The van der Waals surface area contributed by atoms with Gasteiger partial charge in [-0.1, -0.05) is 253 Å². The lowest BCUT2D eigenvalue weighted by Gasteiger charge is -2.25. The van der Waals surface area contributed by atoms with Crippen LogP contribution in [0, 0.1) is 0 Å². The highest BCUT2D eigenvalue weighted by atomic mass is 16.7. The molecule has 0 aliphatic heterocycles. The maximum Gasteiger partial charge on any atom is 0.361 e. The van der Waals surface area contributed by atoms with Crippen LogP contribution in [0.5, 0.6) is 0 Å². The summed E-state index contributed by atoms with van der Waals surface area (Å²) in [4.78, 5) is 37.5. The summed E-state index contributed by atoms with van der Waals surface area (Å²) in [6.07, 6.45) is 75.2. The van der Waals surface area contributed by atoms with E-state index in [1.54, 1.807) is 0 Å². The summed E-state index contributed by atoms with van der Waals surface area (Å²) in [5.41, 5.74) is 0. The normalized spacial score (nSPS) is 13.3. The number of hydrogen-bond donors (Lipinski definition) is 1. The Morgan fingerprint density at radius 2 is 0.740 bits per heavy atom. The van der Waals surface area contributed by atoms with Gasteiger partial charge in [0.05, 0.1) is 34.4 Å². The van der Waals surface area contributed by atoms with Crippen LogP contribution in [0.3, 0.4) is 0 Å². The molecule has 0 aromatic heterocycles. The molecule has 444 valence electrons. The largest absolute Gasteiger partial charge is 0.477 e. The summed E-state index contributed by atoms with van der Waals surface area (Å²) in [6, 6.07) is 0. The van der Waals surface area contributed by atoms with Gasteiger partial charge in [0.15, 0.2) is 6.10 Å². The second kappa shape index (κ2) is 58.6. The van der Waals surface area contributed by atoms with Gasteiger partial charge in [0.25, 0.3) is 6.29 Å². The van der Waals surface area contributed by atoms with Crippen LogP contribution in [-0.2, 0) is 33.3 Å². The first-order chi connectivity index (χ1) is 37.6. The monoisotopic (exact) mass is 1080 g/mol. The van der Waals surface area contributed by atoms with Crippen molar-refractivity contribution in [3.63, 3.8) is 0 Å². The number of hydrogen-bond acceptors (Lipinski definition) is 7. The van der Waals surface area contributed by atoms with E-state index >= 15 is 0 Å². The van der Waals surface area contributed by atoms with Crippen molar-refractivity contribution in [3.8, 4) is 0 Å². The molecule has 0 bridgehead atoms. The van der Waals surface area contributed by atoms with E-state index in [2.05, 4.69) is 98.9 Å². The molecule has 0 radical (unpaired) electrons. The zero-order valence-electron chi connectivity index (χ0n) is 50.6. The highest BCUT2D eigenvalue weighted by molar-refractivity contribution is 5.71. The number of aliphatic carboxylic acids is 1. The molecule has 2 atom stereocenters. The van der Waals surface area contributed by atoms with E-state index in [0.717, 1.165) is 83.5 Å². The first kappa shape index (κ1) is 73.5. The van der Waals surface area contributed by atoms with Gasteiger partial charge in [-0.15, -0.1) is 0 Å². The van der Waals surface area contributed by atoms with Gasteiger partial charge in [0.2, 0.25) is 0 Å². The van der Waals surface area contributed by atoms with Crippen molar-refractivity contribution in [3.05, 3.63) is 85.1 Å². The van der Waals surface area contributed by atoms with Gasteiger partial charge in [-0.2, -0.15) is 0 Å². The predicted octanol–water partition coefficient (Wildman–Crippen LogP) is 19.1. The van der Waals surface area contributed by atoms with Crippen molar-refractivity contribution in [1.29, 1.82) is 0 Å². The van der Waals surface area contributed by atoms with Gasteiger partial charge in [-0.25, -0.2) is 4.79 Å². The zero-order valence-corrected chi connectivity index (χ0v) is 50.6. The third kappa shape index (κ3) is 60.0. The average molecular weight is 1080 g/mol. The molecule has 0 saturated carbocycles. The summed E-state index contributed by atoms with van der Waals surface area (Å²) < 4.78 is 22.9. The molecule has 9 heteroatoms. The molecule has 1 N–H and O–H groups in total. The summed E-state index contributed by atoms with van der Waals surface area (Å²) >= 11 is 0. The van der Waals surface area contributed by atoms with Gasteiger partial charge in [0, 0.05) is 12.8 Å². The maximum absolute atomic E-state index is 12.9. The molecule has 0 heterocycles. The maximum atomic E-state index is 12.9. The molecule has 0 aliphatic rings. The van der Waals surface area contributed by atoms with Crippen molar-refractivity contribution in [2.24, 2.45) is 0 Å². The van der Waals surface area contributed by atoms with E-state index in [9.17, 15) is 19.5 Å². The molecule has 0 amide bonds. The first-order valence-electron chi connectivity index (χ1n) is 31.8. The molecule has 9 nitrogen and oxygen atoms in total. The van der Waals surface area contributed by atoms with E-state index < -0.39 is 24.3 Å². The van der Waals surface area contributed by atoms with Crippen LogP contribution in [0.25, 0.3) is 0 Å². The summed E-state index contributed by atoms with van der Waals surface area (Å²) in [5.74, 6) is -2.01. The van der Waals surface area contributed by atoms with Gasteiger partial charge in [0.1, 0.15) is 13.2 Å². The number of carbonyl (C=O) groups excluding carboxylic acids is 2. The Kier molecular flexibility index (Phi) is 55.9. The van der Waals surface area contributed by atoms with Crippen molar-refractivity contribution in [1.82, 2.24) is 0 Å². The summed E-state index contributed by atoms with van der Waals surface area (Å²) in [5, 5.41) is 9.73. The number of quaternary nitrogens is 1. The number of likely N-dealkylation sites (N-methyl/N-ethyl adjacent to an activating group) is 1. The minimum atomic E-state index is -1.52. The smallest absolute Gasteiger partial charge is 0.361 e. The number of esters is 2. The lowest BCUT2D eigenvalue weighted by atomic mass is 10.0. The van der Waals surface area contributed by atoms with E-state index in [-0.39, 0.29) is 32.2 Å². The number of allylic oxidation sites excluding steroid dienone is 14. The second-order valence-electron chi connectivity index (χ2n) is 22.3. The first-order valence-corrected chi connectivity index (χ1v) is 31.8. The second-order valence-corrected chi connectivity index (χ2v) is 22.3. The van der Waals surface area contributed by atoms with Gasteiger partial charge < -0.3 is 28.5 Å². The molecule has 0 aromatic carbocycles. The summed E-state index contributed by atoms with van der Waals surface area (Å²) in [6.45, 7) is 4.77. The number of nitrogens with zero attached hydrogens (tertiary/aromatic N) is 1. The lowest BCUT2D eigenvalue weighted by molar-refractivity contribution is -0.870. The molecule has 77 heavy (non-hydrogen) atoms. The molecule has 0 aromatic rings. The van der Waals surface area contributed by atoms with Crippen molar-refractivity contribution in [2.45, 2.75) is 283 Å². The molecular weight excluding hydrogens is 959 g/mol. The Morgan fingerprint density at radius 1 is 0.403 bits per heavy atom. The Hall–Kier alpha value is -3.53. The molecule has 0 rings (SSSR count). The van der Waals surface area contributed by atoms with Crippen LogP contribution in [-0.4, -0.2) is 87.4 Å². The Balaban J connectivity index is 4.20. The summed E-state index contributed by atoms with van der Waals surface area (Å²) in [7, 11) is 5.97. The highest BCUT2D eigenvalue weighted by Crippen LogP contribution is 2.16. The number of unbranched alkanes of at least 4 members (excludes halogenated alkanes) is 29. The van der Waals surface area contributed by atoms with E-state index in [1.165, 1.54) is 154 Å².